The number of aromatic nitrogens is 2. The largest absolute Gasteiger partial charge is 0.416 e. The lowest BCUT2D eigenvalue weighted by Crippen LogP contribution is -2.17. The Bertz CT molecular complexity index is 957. The zero-order valence-corrected chi connectivity index (χ0v) is 14.3. The van der Waals surface area contributed by atoms with Crippen molar-refractivity contribution in [2.45, 2.75) is 12.7 Å². The van der Waals surface area contributed by atoms with Crippen LogP contribution in [0.25, 0.3) is 0 Å². The minimum absolute atomic E-state index is 0.0236. The third-order valence-corrected chi connectivity index (χ3v) is 3.76. The Balaban J connectivity index is 1.71. The Morgan fingerprint density at radius 2 is 1.57 bits per heavy atom. The highest BCUT2D eigenvalue weighted by Crippen LogP contribution is 2.29. The molecule has 0 aliphatic heterocycles. The van der Waals surface area contributed by atoms with Crippen molar-refractivity contribution in [3.05, 3.63) is 83.6 Å². The highest BCUT2D eigenvalue weighted by molar-refractivity contribution is 6.05. The van der Waals surface area contributed by atoms with E-state index in [2.05, 4.69) is 20.6 Å². The molecule has 3 rings (SSSR count). The first kappa shape index (κ1) is 19.3. The fourth-order valence-corrected chi connectivity index (χ4v) is 2.35. The van der Waals surface area contributed by atoms with Crippen molar-refractivity contribution in [1.29, 1.82) is 0 Å². The maximum atomic E-state index is 13.0. The summed E-state index contributed by atoms with van der Waals surface area (Å²) >= 11 is 0. The van der Waals surface area contributed by atoms with Crippen molar-refractivity contribution in [2.24, 2.45) is 0 Å². The molecule has 0 unspecified atom stereocenters. The summed E-state index contributed by atoms with van der Waals surface area (Å²) in [4.78, 5) is 20.5. The number of rotatable bonds is 5. The molecule has 0 bridgehead atoms. The molecular formula is C19H14F4N4O. The Kier molecular flexibility index (Phi) is 5.53. The summed E-state index contributed by atoms with van der Waals surface area (Å²) in [7, 11) is 0. The lowest BCUT2D eigenvalue weighted by Gasteiger charge is -2.11. The van der Waals surface area contributed by atoms with Crippen LogP contribution in [0, 0.1) is 5.82 Å². The Morgan fingerprint density at radius 3 is 2.21 bits per heavy atom. The molecule has 28 heavy (non-hydrogen) atoms. The number of benzene rings is 2. The van der Waals surface area contributed by atoms with E-state index in [4.69, 9.17) is 0 Å². The zero-order chi connectivity index (χ0) is 20.1. The van der Waals surface area contributed by atoms with Gasteiger partial charge >= 0.3 is 6.18 Å². The molecule has 0 spiro atoms. The van der Waals surface area contributed by atoms with Crippen molar-refractivity contribution >= 4 is 17.4 Å². The SMILES string of the molecule is O=C(Nc1ccc(C(F)(F)F)cc1)c1nccnc1NCc1ccc(F)cc1. The molecule has 2 N–H and O–H groups in total. The molecule has 1 amide bonds. The molecule has 0 fully saturated rings. The van der Waals surface area contributed by atoms with E-state index < -0.39 is 17.6 Å². The topological polar surface area (TPSA) is 66.9 Å². The van der Waals surface area contributed by atoms with Gasteiger partial charge in [-0.05, 0) is 42.0 Å². The minimum atomic E-state index is -4.45. The number of alkyl halides is 3. The van der Waals surface area contributed by atoms with E-state index in [1.165, 1.54) is 24.5 Å². The van der Waals surface area contributed by atoms with Gasteiger partial charge in [0, 0.05) is 24.6 Å². The fraction of sp³-hybridized carbons (Fsp3) is 0.105. The van der Waals surface area contributed by atoms with E-state index in [1.54, 1.807) is 12.1 Å². The summed E-state index contributed by atoms with van der Waals surface area (Å²) < 4.78 is 50.8. The molecule has 0 atom stereocenters. The van der Waals surface area contributed by atoms with E-state index >= 15 is 0 Å². The number of carbonyl (C=O) groups excluding carboxylic acids is 1. The van der Waals surface area contributed by atoms with E-state index in [1.807, 2.05) is 0 Å². The van der Waals surface area contributed by atoms with Gasteiger partial charge in [-0.1, -0.05) is 12.1 Å². The Morgan fingerprint density at radius 1 is 0.929 bits per heavy atom. The van der Waals surface area contributed by atoms with Crippen LogP contribution in [0.2, 0.25) is 0 Å². The van der Waals surface area contributed by atoms with E-state index in [0.717, 1.165) is 29.8 Å². The summed E-state index contributed by atoms with van der Waals surface area (Å²) in [5.74, 6) is -0.800. The van der Waals surface area contributed by atoms with E-state index in [-0.39, 0.29) is 29.6 Å². The number of nitrogens with one attached hydrogen (secondary N) is 2. The van der Waals surface area contributed by atoms with Crippen LogP contribution in [0.4, 0.5) is 29.1 Å². The number of amides is 1. The predicted molar refractivity (Wildman–Crippen MR) is 95.2 cm³/mol. The van der Waals surface area contributed by atoms with Crippen molar-refractivity contribution < 1.29 is 22.4 Å². The summed E-state index contributed by atoms with van der Waals surface area (Å²) in [6, 6.07) is 9.85. The monoisotopic (exact) mass is 390 g/mol. The molecular weight excluding hydrogens is 376 g/mol. The molecule has 1 heterocycles. The summed E-state index contributed by atoms with van der Waals surface area (Å²) in [5, 5.41) is 5.42. The molecule has 9 heteroatoms. The zero-order valence-electron chi connectivity index (χ0n) is 14.3. The molecule has 0 saturated heterocycles. The fourth-order valence-electron chi connectivity index (χ4n) is 2.35. The second-order valence-electron chi connectivity index (χ2n) is 5.76. The average molecular weight is 390 g/mol. The second kappa shape index (κ2) is 8.03. The first-order valence-corrected chi connectivity index (χ1v) is 8.11. The summed E-state index contributed by atoms with van der Waals surface area (Å²) in [5.41, 5.74) is 0.116. The van der Waals surface area contributed by atoms with Crippen LogP contribution >= 0.6 is 0 Å². The maximum Gasteiger partial charge on any atom is 0.416 e. The standard InChI is InChI=1S/C19H14F4N4O/c20-14-5-1-12(2-6-14)11-26-17-16(24-9-10-25-17)18(28)27-15-7-3-13(4-8-15)19(21,22)23/h1-10H,11H2,(H,25,26)(H,27,28). The van der Waals surface area contributed by atoms with Crippen LogP contribution in [-0.2, 0) is 12.7 Å². The molecule has 0 aliphatic rings. The summed E-state index contributed by atoms with van der Waals surface area (Å²) in [6.07, 6.45) is -1.74. The predicted octanol–water partition coefficient (Wildman–Crippen LogP) is 4.50. The molecule has 0 radical (unpaired) electrons. The normalized spacial score (nSPS) is 11.1. The van der Waals surface area contributed by atoms with Gasteiger partial charge in [-0.15, -0.1) is 0 Å². The quantitative estimate of drug-likeness (QED) is 0.630. The van der Waals surface area contributed by atoms with Gasteiger partial charge in [0.05, 0.1) is 5.56 Å². The van der Waals surface area contributed by atoms with E-state index in [0.29, 0.717) is 0 Å². The van der Waals surface area contributed by atoms with E-state index in [9.17, 15) is 22.4 Å². The highest BCUT2D eigenvalue weighted by Gasteiger charge is 2.30. The van der Waals surface area contributed by atoms with Crippen molar-refractivity contribution in [2.75, 3.05) is 10.6 Å². The first-order chi connectivity index (χ1) is 13.3. The molecule has 144 valence electrons. The van der Waals surface area contributed by atoms with Crippen LogP contribution in [0.5, 0.6) is 0 Å². The van der Waals surface area contributed by atoms with Gasteiger partial charge in [0.25, 0.3) is 5.91 Å². The molecule has 0 saturated carbocycles. The third-order valence-electron chi connectivity index (χ3n) is 3.76. The Labute approximate surface area is 157 Å². The average Bonchev–Trinajstić information content (AvgIpc) is 2.67. The van der Waals surface area contributed by atoms with Gasteiger partial charge < -0.3 is 10.6 Å². The first-order valence-electron chi connectivity index (χ1n) is 8.11. The van der Waals surface area contributed by atoms with Gasteiger partial charge in [0.1, 0.15) is 5.82 Å². The molecule has 5 nitrogen and oxygen atoms in total. The third kappa shape index (κ3) is 4.81. The van der Waals surface area contributed by atoms with Crippen molar-refractivity contribution in [3.8, 4) is 0 Å². The minimum Gasteiger partial charge on any atom is -0.364 e. The van der Waals surface area contributed by atoms with Crippen LogP contribution in [0.1, 0.15) is 21.6 Å². The number of carbonyl (C=O) groups is 1. The van der Waals surface area contributed by atoms with Gasteiger partial charge in [-0.3, -0.25) is 4.79 Å². The smallest absolute Gasteiger partial charge is 0.364 e. The van der Waals surface area contributed by atoms with Gasteiger partial charge in [0.15, 0.2) is 11.5 Å². The number of anilines is 2. The highest BCUT2D eigenvalue weighted by atomic mass is 19.4. The second-order valence-corrected chi connectivity index (χ2v) is 5.76. The number of halogens is 4. The van der Waals surface area contributed by atoms with Crippen molar-refractivity contribution in [1.82, 2.24) is 9.97 Å². The molecule has 0 aliphatic carbocycles. The van der Waals surface area contributed by atoms with Gasteiger partial charge in [-0.25, -0.2) is 14.4 Å². The number of hydrogen-bond acceptors (Lipinski definition) is 4. The van der Waals surface area contributed by atoms with Crippen molar-refractivity contribution in [3.63, 3.8) is 0 Å². The van der Waals surface area contributed by atoms with Gasteiger partial charge in [0.2, 0.25) is 0 Å². The lowest BCUT2D eigenvalue weighted by atomic mass is 10.2. The maximum absolute atomic E-state index is 13.0. The van der Waals surface area contributed by atoms with Gasteiger partial charge in [-0.2, -0.15) is 13.2 Å². The van der Waals surface area contributed by atoms with Crippen LogP contribution < -0.4 is 10.6 Å². The lowest BCUT2D eigenvalue weighted by molar-refractivity contribution is -0.137. The molecule has 1 aromatic heterocycles. The van der Waals surface area contributed by atoms with Crippen LogP contribution in [0.15, 0.2) is 60.9 Å². The number of hydrogen-bond donors (Lipinski definition) is 2. The Hall–Kier alpha value is -3.49. The molecule has 3 aromatic rings. The number of nitrogens with zero attached hydrogens (tertiary/aromatic N) is 2. The molecule has 2 aromatic carbocycles. The van der Waals surface area contributed by atoms with Crippen LogP contribution in [0.3, 0.4) is 0 Å². The van der Waals surface area contributed by atoms with Crippen LogP contribution in [-0.4, -0.2) is 15.9 Å². The summed E-state index contributed by atoms with van der Waals surface area (Å²) in [6.45, 7) is 0.277.